The second-order valence-corrected chi connectivity index (χ2v) is 8.53. The molecule has 1 spiro atoms. The van der Waals surface area contributed by atoms with Gasteiger partial charge in [0, 0.05) is 42.6 Å². The molecule has 27 heavy (non-hydrogen) atoms. The van der Waals surface area contributed by atoms with Gasteiger partial charge in [-0.25, -0.2) is 4.98 Å². The van der Waals surface area contributed by atoms with Crippen LogP contribution in [0.25, 0.3) is 0 Å². The minimum Gasteiger partial charge on any atom is -0.337 e. The number of hydrogen-bond acceptors (Lipinski definition) is 5. The predicted molar refractivity (Wildman–Crippen MR) is 102 cm³/mol. The average Bonchev–Trinajstić information content (AvgIpc) is 3.35. The van der Waals surface area contributed by atoms with Crippen molar-refractivity contribution in [3.05, 3.63) is 35.3 Å². The lowest BCUT2D eigenvalue weighted by Crippen LogP contribution is -2.61. The first-order valence-corrected chi connectivity index (χ1v) is 10.4. The van der Waals surface area contributed by atoms with Gasteiger partial charge in [0.2, 0.25) is 11.8 Å². The Hall–Kier alpha value is -2.22. The molecule has 2 fully saturated rings. The zero-order valence-corrected chi connectivity index (χ0v) is 16.4. The van der Waals surface area contributed by atoms with Crippen molar-refractivity contribution in [1.29, 1.82) is 0 Å². The predicted octanol–water partition coefficient (Wildman–Crippen LogP) is 2.16. The summed E-state index contributed by atoms with van der Waals surface area (Å²) in [5.74, 6) is 0.265. The number of amides is 2. The number of piperidine rings is 2. The van der Waals surface area contributed by atoms with Crippen LogP contribution in [0.1, 0.15) is 37.5 Å². The topological polar surface area (TPSA) is 71.3 Å². The molecule has 2 atom stereocenters. The number of carbonyl (C=O) groups excluding carboxylic acids is 2. The molecule has 2 aromatic heterocycles. The summed E-state index contributed by atoms with van der Waals surface area (Å²) in [5.41, 5.74) is 1.35. The van der Waals surface area contributed by atoms with Gasteiger partial charge in [0.15, 0.2) is 0 Å². The number of hydrogen-bond donors (Lipinski definition) is 0. The second-order valence-electron chi connectivity index (χ2n) is 7.56. The van der Waals surface area contributed by atoms with E-state index in [-0.39, 0.29) is 24.4 Å². The van der Waals surface area contributed by atoms with Crippen LogP contribution < -0.4 is 0 Å². The summed E-state index contributed by atoms with van der Waals surface area (Å²) in [5, 5.41) is 0. The van der Waals surface area contributed by atoms with Crippen molar-refractivity contribution >= 4 is 23.2 Å². The molecule has 0 aliphatic carbocycles. The van der Waals surface area contributed by atoms with Gasteiger partial charge in [-0.15, -0.1) is 11.3 Å². The molecule has 7 nitrogen and oxygen atoms in total. The molecule has 0 radical (unpaired) electrons. The summed E-state index contributed by atoms with van der Waals surface area (Å²) in [6.07, 6.45) is 10.6. The van der Waals surface area contributed by atoms with Crippen molar-refractivity contribution in [2.45, 2.75) is 51.7 Å². The highest BCUT2D eigenvalue weighted by Gasteiger charge is 2.52. The maximum Gasteiger partial charge on any atom is 0.242 e. The smallest absolute Gasteiger partial charge is 0.242 e. The number of carbonyl (C=O) groups is 2. The molecule has 2 aliphatic rings. The average molecular weight is 388 g/mol. The van der Waals surface area contributed by atoms with E-state index in [4.69, 9.17) is 0 Å². The van der Waals surface area contributed by atoms with E-state index >= 15 is 0 Å². The van der Waals surface area contributed by atoms with E-state index < -0.39 is 5.41 Å². The Morgan fingerprint density at radius 3 is 2.81 bits per heavy atom. The molecule has 4 rings (SSSR count). The van der Waals surface area contributed by atoms with E-state index in [0.29, 0.717) is 6.54 Å². The third-order valence-corrected chi connectivity index (χ3v) is 6.85. The molecule has 0 aromatic carbocycles. The van der Waals surface area contributed by atoms with Gasteiger partial charge < -0.3 is 14.4 Å². The van der Waals surface area contributed by atoms with Crippen LogP contribution in [0, 0.1) is 5.41 Å². The van der Waals surface area contributed by atoms with Gasteiger partial charge in [-0.1, -0.05) is 0 Å². The first-order valence-electron chi connectivity index (χ1n) is 9.52. The Morgan fingerprint density at radius 1 is 1.30 bits per heavy atom. The summed E-state index contributed by atoms with van der Waals surface area (Å²) >= 11 is 1.58. The van der Waals surface area contributed by atoms with Crippen molar-refractivity contribution in [3.8, 4) is 0 Å². The Labute approximate surface area is 163 Å². The van der Waals surface area contributed by atoms with E-state index in [1.807, 2.05) is 16.0 Å². The highest BCUT2D eigenvalue weighted by molar-refractivity contribution is 7.09. The summed E-state index contributed by atoms with van der Waals surface area (Å²) in [4.78, 5) is 39.5. The Balaban J connectivity index is 1.52. The van der Waals surface area contributed by atoms with Gasteiger partial charge >= 0.3 is 0 Å². The molecule has 2 saturated heterocycles. The van der Waals surface area contributed by atoms with E-state index in [9.17, 15) is 9.59 Å². The Bertz CT molecular complexity index is 787. The number of nitrogens with zero attached hydrogens (tertiary/aromatic N) is 5. The fourth-order valence-corrected chi connectivity index (χ4v) is 5.23. The molecule has 4 heterocycles. The Kier molecular flexibility index (Phi) is 4.99. The number of aromatic nitrogens is 3. The van der Waals surface area contributed by atoms with Gasteiger partial charge in [0.1, 0.15) is 6.54 Å². The number of rotatable bonds is 4. The Morgan fingerprint density at radius 2 is 2.11 bits per heavy atom. The highest BCUT2D eigenvalue weighted by atomic mass is 32.1. The van der Waals surface area contributed by atoms with Crippen LogP contribution in [0.2, 0.25) is 0 Å². The van der Waals surface area contributed by atoms with E-state index in [0.717, 1.165) is 43.6 Å². The fourth-order valence-electron chi connectivity index (χ4n) is 4.62. The zero-order chi connectivity index (χ0) is 18.9. The fraction of sp³-hybridized carbons (Fsp3) is 0.579. The first kappa shape index (κ1) is 18.2. The maximum atomic E-state index is 13.5. The molecular formula is C19H25N5O2S. The highest BCUT2D eigenvalue weighted by Crippen LogP contribution is 2.44. The minimum atomic E-state index is -0.453. The van der Waals surface area contributed by atoms with Gasteiger partial charge in [-0.3, -0.25) is 14.6 Å². The lowest BCUT2D eigenvalue weighted by molar-refractivity contribution is -0.160. The van der Waals surface area contributed by atoms with E-state index in [1.54, 1.807) is 40.1 Å². The van der Waals surface area contributed by atoms with Crippen LogP contribution in [-0.4, -0.2) is 55.3 Å². The lowest BCUT2D eigenvalue weighted by atomic mass is 9.67. The molecule has 0 saturated carbocycles. The summed E-state index contributed by atoms with van der Waals surface area (Å²) in [6, 6.07) is -0.0842. The van der Waals surface area contributed by atoms with Crippen LogP contribution in [0.15, 0.2) is 30.4 Å². The van der Waals surface area contributed by atoms with Crippen LogP contribution in [-0.2, 0) is 22.7 Å². The van der Waals surface area contributed by atoms with Crippen molar-refractivity contribution in [1.82, 2.24) is 24.3 Å². The van der Waals surface area contributed by atoms with Crippen molar-refractivity contribution in [2.24, 2.45) is 5.41 Å². The summed E-state index contributed by atoms with van der Waals surface area (Å²) in [6.45, 7) is 4.46. The third-order valence-electron chi connectivity index (χ3n) is 6.08. The van der Waals surface area contributed by atoms with Crippen LogP contribution in [0.5, 0.6) is 0 Å². The molecule has 144 valence electrons. The maximum absolute atomic E-state index is 13.5. The normalized spacial score (nSPS) is 26.0. The van der Waals surface area contributed by atoms with E-state index in [1.165, 1.54) is 0 Å². The zero-order valence-electron chi connectivity index (χ0n) is 15.6. The summed E-state index contributed by atoms with van der Waals surface area (Å²) in [7, 11) is 0. The van der Waals surface area contributed by atoms with Gasteiger partial charge in [-0.05, 0) is 32.6 Å². The largest absolute Gasteiger partial charge is 0.337 e. The standard InChI is InChI=1S/C19H25N5O2S/c1-15-19(4-2-7-23(18(19)26)11-16-10-21-14-27-16)5-3-8-24(15)17(25)12-22-9-6-20-13-22/h6,9-10,13-15H,2-5,7-8,11-12H2,1H3/t15-,19-/m0/s1. The van der Waals surface area contributed by atoms with Gasteiger partial charge in [0.25, 0.3) is 0 Å². The molecule has 0 unspecified atom stereocenters. The summed E-state index contributed by atoms with van der Waals surface area (Å²) < 4.78 is 1.79. The SMILES string of the molecule is C[C@@H]1N(C(=O)Cn2ccnc2)CCC[C@@]12CCCN(Cc1cncs1)C2=O. The quantitative estimate of drug-likeness (QED) is 0.806. The molecular weight excluding hydrogens is 362 g/mol. The van der Waals surface area contributed by atoms with E-state index in [2.05, 4.69) is 16.9 Å². The molecule has 0 N–H and O–H groups in total. The number of imidazole rings is 1. The molecule has 2 aromatic rings. The van der Waals surface area contributed by atoms with Crippen molar-refractivity contribution in [3.63, 3.8) is 0 Å². The third kappa shape index (κ3) is 3.38. The second kappa shape index (κ2) is 7.42. The van der Waals surface area contributed by atoms with Crippen molar-refractivity contribution in [2.75, 3.05) is 13.1 Å². The molecule has 2 amide bonds. The monoisotopic (exact) mass is 387 g/mol. The van der Waals surface area contributed by atoms with Crippen LogP contribution >= 0.6 is 11.3 Å². The van der Waals surface area contributed by atoms with Crippen molar-refractivity contribution < 1.29 is 9.59 Å². The minimum absolute atomic E-state index is 0.0620. The van der Waals surface area contributed by atoms with Gasteiger partial charge in [0.05, 0.1) is 23.8 Å². The molecule has 0 bridgehead atoms. The van der Waals surface area contributed by atoms with Crippen LogP contribution in [0.3, 0.4) is 0 Å². The van der Waals surface area contributed by atoms with Crippen LogP contribution in [0.4, 0.5) is 0 Å². The van der Waals surface area contributed by atoms with Gasteiger partial charge in [-0.2, -0.15) is 0 Å². The molecule has 8 heteroatoms. The lowest BCUT2D eigenvalue weighted by Gasteiger charge is -2.51. The number of likely N-dealkylation sites (tertiary alicyclic amines) is 2. The first-order chi connectivity index (χ1) is 13.1. The number of thiazole rings is 1. The molecule has 2 aliphatic heterocycles.